The van der Waals surface area contributed by atoms with Crippen LogP contribution in [0.25, 0.3) is 16.7 Å². The summed E-state index contributed by atoms with van der Waals surface area (Å²) in [5, 5.41) is 0. The molecule has 108 valence electrons. The molecule has 0 amide bonds. The third kappa shape index (κ3) is 1.84. The molecule has 1 heterocycles. The highest BCUT2D eigenvalue weighted by Crippen LogP contribution is 2.30. The van der Waals surface area contributed by atoms with Crippen LogP contribution in [0.3, 0.4) is 0 Å². The van der Waals surface area contributed by atoms with Crippen molar-refractivity contribution in [1.29, 1.82) is 0 Å². The maximum absolute atomic E-state index is 14.2. The van der Waals surface area contributed by atoms with E-state index in [2.05, 4.69) is 4.98 Å². The van der Waals surface area contributed by atoms with Crippen molar-refractivity contribution in [1.82, 2.24) is 9.55 Å². The Hall–Kier alpha value is -2.57. The van der Waals surface area contributed by atoms with Crippen molar-refractivity contribution in [2.24, 2.45) is 0 Å². The van der Waals surface area contributed by atoms with E-state index in [0.717, 1.165) is 16.7 Å². The Labute approximate surface area is 116 Å². The second-order valence-corrected chi connectivity index (χ2v) is 4.56. The summed E-state index contributed by atoms with van der Waals surface area (Å²) in [6, 6.07) is 4.32. The maximum Gasteiger partial charge on any atom is 0.206 e. The first-order valence-electron chi connectivity index (χ1n) is 5.98. The summed E-state index contributed by atoms with van der Waals surface area (Å²) in [6.45, 7) is 1.42. The van der Waals surface area contributed by atoms with Crippen molar-refractivity contribution in [2.45, 2.75) is 6.92 Å². The summed E-state index contributed by atoms with van der Waals surface area (Å²) in [6.07, 6.45) is 0. The molecule has 2 N–H and O–H groups in total. The molecule has 3 rings (SSSR count). The van der Waals surface area contributed by atoms with E-state index in [4.69, 9.17) is 5.73 Å². The highest BCUT2D eigenvalue weighted by Gasteiger charge is 2.22. The lowest BCUT2D eigenvalue weighted by atomic mass is 10.2. The number of benzene rings is 2. The first-order valence-corrected chi connectivity index (χ1v) is 5.98. The molecular formula is C14H9F4N3. The third-order valence-electron chi connectivity index (χ3n) is 3.22. The van der Waals surface area contributed by atoms with Crippen LogP contribution in [0.4, 0.5) is 23.5 Å². The Morgan fingerprint density at radius 1 is 0.952 bits per heavy atom. The Balaban J connectivity index is 2.49. The van der Waals surface area contributed by atoms with Gasteiger partial charge in [-0.25, -0.2) is 22.5 Å². The summed E-state index contributed by atoms with van der Waals surface area (Å²) in [5.74, 6) is -4.62. The average molecular weight is 295 g/mol. The number of aryl methyl sites for hydroxylation is 1. The molecule has 0 saturated heterocycles. The first-order chi connectivity index (χ1) is 9.91. The van der Waals surface area contributed by atoms with Gasteiger partial charge in [-0.05, 0) is 30.7 Å². The van der Waals surface area contributed by atoms with Crippen molar-refractivity contribution in [3.05, 3.63) is 53.1 Å². The number of fused-ring (bicyclic) bond motifs is 1. The van der Waals surface area contributed by atoms with E-state index >= 15 is 0 Å². The van der Waals surface area contributed by atoms with Crippen molar-refractivity contribution in [3.8, 4) is 5.69 Å². The molecule has 0 radical (unpaired) electrons. The SMILES string of the molecule is Cc1ccc(F)c(-n2c(N)nc3ccc(F)c(F)c32)c1F. The summed E-state index contributed by atoms with van der Waals surface area (Å²) in [5.41, 5.74) is 4.78. The van der Waals surface area contributed by atoms with Crippen LogP contribution in [-0.4, -0.2) is 9.55 Å². The Kier molecular flexibility index (Phi) is 2.86. The number of rotatable bonds is 1. The molecule has 0 bridgehead atoms. The number of anilines is 1. The summed E-state index contributed by atoms with van der Waals surface area (Å²) >= 11 is 0. The largest absolute Gasteiger partial charge is 0.369 e. The third-order valence-corrected chi connectivity index (χ3v) is 3.22. The van der Waals surface area contributed by atoms with E-state index in [1.807, 2.05) is 0 Å². The van der Waals surface area contributed by atoms with Crippen molar-refractivity contribution in [3.63, 3.8) is 0 Å². The van der Waals surface area contributed by atoms with Crippen LogP contribution in [-0.2, 0) is 0 Å². The molecule has 0 saturated carbocycles. The van der Waals surface area contributed by atoms with E-state index in [1.54, 1.807) is 0 Å². The predicted molar refractivity (Wildman–Crippen MR) is 70.1 cm³/mol. The van der Waals surface area contributed by atoms with Gasteiger partial charge >= 0.3 is 0 Å². The number of nitrogens with zero attached hydrogens (tertiary/aromatic N) is 2. The molecule has 7 heteroatoms. The van der Waals surface area contributed by atoms with Gasteiger partial charge in [0.2, 0.25) is 5.95 Å². The van der Waals surface area contributed by atoms with Crippen molar-refractivity contribution >= 4 is 17.0 Å². The molecule has 0 aliphatic carbocycles. The monoisotopic (exact) mass is 295 g/mol. The number of aromatic nitrogens is 2. The first kappa shape index (κ1) is 13.4. The number of hydrogen-bond acceptors (Lipinski definition) is 2. The molecular weight excluding hydrogens is 286 g/mol. The molecule has 2 aromatic carbocycles. The fourth-order valence-corrected chi connectivity index (χ4v) is 2.19. The van der Waals surface area contributed by atoms with Gasteiger partial charge in [0, 0.05) is 0 Å². The molecule has 0 aliphatic rings. The number of halogens is 4. The van der Waals surface area contributed by atoms with Gasteiger partial charge in [0.05, 0.1) is 5.52 Å². The van der Waals surface area contributed by atoms with Gasteiger partial charge in [-0.2, -0.15) is 0 Å². The quantitative estimate of drug-likeness (QED) is 0.699. The lowest BCUT2D eigenvalue weighted by Gasteiger charge is -2.11. The Bertz CT molecular complexity index is 871. The van der Waals surface area contributed by atoms with E-state index in [1.165, 1.54) is 19.1 Å². The van der Waals surface area contributed by atoms with Gasteiger partial charge in [-0.1, -0.05) is 6.07 Å². The second-order valence-electron chi connectivity index (χ2n) is 4.56. The van der Waals surface area contributed by atoms with Gasteiger partial charge in [-0.3, -0.25) is 4.57 Å². The van der Waals surface area contributed by atoms with Crippen LogP contribution >= 0.6 is 0 Å². The molecule has 0 unspecified atom stereocenters. The number of hydrogen-bond donors (Lipinski definition) is 1. The van der Waals surface area contributed by atoms with Gasteiger partial charge in [0.1, 0.15) is 17.0 Å². The minimum absolute atomic E-state index is 0.00621. The van der Waals surface area contributed by atoms with Gasteiger partial charge < -0.3 is 5.73 Å². The predicted octanol–water partition coefficient (Wildman–Crippen LogP) is 3.47. The van der Waals surface area contributed by atoms with Gasteiger partial charge in [0.15, 0.2) is 17.5 Å². The zero-order valence-electron chi connectivity index (χ0n) is 10.8. The number of nitrogens with two attached hydrogens (primary N) is 1. The fraction of sp³-hybridized carbons (Fsp3) is 0.0714. The summed E-state index contributed by atoms with van der Waals surface area (Å²) in [4.78, 5) is 3.80. The zero-order chi connectivity index (χ0) is 15.3. The second kappa shape index (κ2) is 4.47. The Morgan fingerprint density at radius 3 is 2.33 bits per heavy atom. The topological polar surface area (TPSA) is 43.8 Å². The van der Waals surface area contributed by atoms with E-state index in [9.17, 15) is 17.6 Å². The molecule has 1 aromatic heterocycles. The highest BCUT2D eigenvalue weighted by molar-refractivity contribution is 5.81. The van der Waals surface area contributed by atoms with Crippen molar-refractivity contribution in [2.75, 3.05) is 5.73 Å². The minimum atomic E-state index is -1.27. The van der Waals surface area contributed by atoms with Crippen LogP contribution in [0.1, 0.15) is 5.56 Å². The number of nitrogen functional groups attached to an aromatic ring is 1. The van der Waals surface area contributed by atoms with Gasteiger partial charge in [0.25, 0.3) is 0 Å². The van der Waals surface area contributed by atoms with Crippen LogP contribution in [0, 0.1) is 30.2 Å². The van der Waals surface area contributed by atoms with Crippen LogP contribution in [0.5, 0.6) is 0 Å². The fourth-order valence-electron chi connectivity index (χ4n) is 2.19. The molecule has 0 atom stereocenters. The molecule has 0 spiro atoms. The van der Waals surface area contributed by atoms with E-state index in [-0.39, 0.29) is 17.0 Å². The molecule has 0 fully saturated rings. The minimum Gasteiger partial charge on any atom is -0.369 e. The smallest absolute Gasteiger partial charge is 0.206 e. The van der Waals surface area contributed by atoms with E-state index in [0.29, 0.717) is 0 Å². The van der Waals surface area contributed by atoms with Crippen LogP contribution in [0.2, 0.25) is 0 Å². The number of imidazole rings is 1. The molecule has 3 nitrogen and oxygen atoms in total. The lowest BCUT2D eigenvalue weighted by molar-refractivity contribution is 0.513. The normalized spacial score (nSPS) is 11.3. The zero-order valence-corrected chi connectivity index (χ0v) is 10.8. The standard InChI is InChI=1S/C14H9F4N3/c1-6-2-3-8(16)12(10(6)17)21-13-9(20-14(21)19)5-4-7(15)11(13)18/h2-5H,1H3,(H2,19,20). The van der Waals surface area contributed by atoms with Crippen LogP contribution in [0.15, 0.2) is 24.3 Å². The van der Waals surface area contributed by atoms with E-state index < -0.39 is 34.5 Å². The van der Waals surface area contributed by atoms with Crippen molar-refractivity contribution < 1.29 is 17.6 Å². The lowest BCUT2D eigenvalue weighted by Crippen LogP contribution is -2.08. The highest BCUT2D eigenvalue weighted by atomic mass is 19.2. The molecule has 21 heavy (non-hydrogen) atoms. The Morgan fingerprint density at radius 2 is 1.62 bits per heavy atom. The summed E-state index contributed by atoms with van der Waals surface area (Å²) in [7, 11) is 0. The average Bonchev–Trinajstić information content (AvgIpc) is 2.77. The maximum atomic E-state index is 14.2. The molecule has 3 aromatic rings. The molecule has 0 aliphatic heterocycles. The van der Waals surface area contributed by atoms with Gasteiger partial charge in [-0.15, -0.1) is 0 Å². The van der Waals surface area contributed by atoms with Crippen LogP contribution < -0.4 is 5.73 Å². The summed E-state index contributed by atoms with van der Waals surface area (Å²) < 4.78 is 56.3.